The Hall–Kier alpha value is -3.34. The van der Waals surface area contributed by atoms with Crippen LogP contribution >= 0.6 is 0 Å². The summed E-state index contributed by atoms with van der Waals surface area (Å²) in [4.78, 5) is 58.6. The topological polar surface area (TPSA) is 121 Å². The van der Waals surface area contributed by atoms with Crippen molar-refractivity contribution in [1.82, 2.24) is 25.7 Å². The molecule has 11 heteroatoms. The van der Waals surface area contributed by atoms with Gasteiger partial charge in [-0.05, 0) is 39.2 Å². The number of benzene rings is 1. The highest BCUT2D eigenvalue weighted by Crippen LogP contribution is 2.30. The Kier molecular flexibility index (Phi) is 7.15. The van der Waals surface area contributed by atoms with E-state index in [0.29, 0.717) is 32.5 Å². The van der Waals surface area contributed by atoms with Crippen molar-refractivity contribution in [2.45, 2.75) is 64.3 Å². The Morgan fingerprint density at radius 1 is 1.03 bits per heavy atom. The fourth-order valence-corrected chi connectivity index (χ4v) is 4.49. The number of carbonyl (C=O) groups excluding carboxylic acids is 4. The van der Waals surface area contributed by atoms with E-state index in [-0.39, 0.29) is 36.9 Å². The normalized spacial score (nSPS) is 22.0. The largest absolute Gasteiger partial charge is 0.444 e. The van der Waals surface area contributed by atoms with E-state index in [1.807, 2.05) is 30.3 Å². The van der Waals surface area contributed by atoms with Crippen molar-refractivity contribution >= 4 is 23.9 Å². The minimum absolute atomic E-state index is 0.00494. The van der Waals surface area contributed by atoms with Gasteiger partial charge in [-0.2, -0.15) is 5.06 Å². The maximum atomic E-state index is 12.8. The van der Waals surface area contributed by atoms with Gasteiger partial charge in [0.05, 0.1) is 6.04 Å². The molecule has 0 saturated carbocycles. The smallest absolute Gasteiger partial charge is 0.410 e. The molecule has 3 saturated heterocycles. The molecule has 2 N–H and O–H groups in total. The fraction of sp³-hybridized carbons (Fsp3) is 0.583. The second kappa shape index (κ2) is 10.1. The number of hydrazine groups is 1. The Bertz CT molecular complexity index is 959. The molecule has 0 radical (unpaired) electrons. The van der Waals surface area contributed by atoms with Crippen molar-refractivity contribution in [3.63, 3.8) is 0 Å². The third-order valence-electron chi connectivity index (χ3n) is 6.25. The molecule has 0 aliphatic carbocycles. The van der Waals surface area contributed by atoms with Gasteiger partial charge in [-0.1, -0.05) is 30.3 Å². The summed E-state index contributed by atoms with van der Waals surface area (Å²) in [5.74, 6) is -0.772. The summed E-state index contributed by atoms with van der Waals surface area (Å²) in [6, 6.07) is 8.45. The van der Waals surface area contributed by atoms with Crippen LogP contribution in [0.25, 0.3) is 0 Å². The summed E-state index contributed by atoms with van der Waals surface area (Å²) in [5.41, 5.74) is 5.27. The van der Waals surface area contributed by atoms with Gasteiger partial charge in [0.15, 0.2) is 0 Å². The second-order valence-corrected chi connectivity index (χ2v) is 10.3. The Balaban J connectivity index is 1.18. The zero-order chi connectivity index (χ0) is 25.2. The molecular weight excluding hydrogens is 454 g/mol. The summed E-state index contributed by atoms with van der Waals surface area (Å²) < 4.78 is 5.30. The van der Waals surface area contributed by atoms with Gasteiger partial charge in [0.2, 0.25) is 5.91 Å². The molecule has 2 bridgehead atoms. The molecule has 4 rings (SSSR count). The number of piperidine rings is 1. The molecular formula is C24H33N5O6. The van der Waals surface area contributed by atoms with Crippen LogP contribution in [0, 0.1) is 5.92 Å². The van der Waals surface area contributed by atoms with Crippen LogP contribution < -0.4 is 10.9 Å². The highest BCUT2D eigenvalue weighted by Gasteiger charge is 2.48. The first-order valence-corrected chi connectivity index (χ1v) is 11.9. The molecule has 2 atom stereocenters. The summed E-state index contributed by atoms with van der Waals surface area (Å²) in [6.45, 7) is 6.95. The Labute approximate surface area is 204 Å². The predicted molar refractivity (Wildman–Crippen MR) is 124 cm³/mol. The Morgan fingerprint density at radius 2 is 1.74 bits per heavy atom. The summed E-state index contributed by atoms with van der Waals surface area (Å²) >= 11 is 0. The lowest BCUT2D eigenvalue weighted by Crippen LogP contribution is -2.56. The van der Waals surface area contributed by atoms with Crippen LogP contribution in [0.15, 0.2) is 30.3 Å². The number of carbonyl (C=O) groups is 4. The van der Waals surface area contributed by atoms with E-state index in [1.165, 1.54) is 9.96 Å². The molecule has 1 aromatic rings. The Morgan fingerprint density at radius 3 is 2.43 bits per heavy atom. The van der Waals surface area contributed by atoms with E-state index in [0.717, 1.165) is 5.56 Å². The number of ether oxygens (including phenoxy) is 1. The third kappa shape index (κ3) is 6.02. The zero-order valence-corrected chi connectivity index (χ0v) is 20.4. The highest BCUT2D eigenvalue weighted by atomic mass is 16.7. The van der Waals surface area contributed by atoms with Gasteiger partial charge in [0.1, 0.15) is 18.2 Å². The molecule has 3 aliphatic rings. The molecule has 11 nitrogen and oxygen atoms in total. The SMILES string of the molecule is CC(C)(C)OC(=O)N1CC(CC(=O)NNC(=O)[C@@H]2CC[C@@H]3CN2C(=O)N3OCc2ccccc2)C1. The van der Waals surface area contributed by atoms with Crippen LogP contribution in [0.5, 0.6) is 0 Å². The second-order valence-electron chi connectivity index (χ2n) is 10.3. The average Bonchev–Trinajstić information content (AvgIpc) is 3.01. The van der Waals surface area contributed by atoms with E-state index in [1.54, 1.807) is 25.7 Å². The maximum Gasteiger partial charge on any atom is 0.410 e. The van der Waals surface area contributed by atoms with E-state index in [9.17, 15) is 19.2 Å². The molecule has 35 heavy (non-hydrogen) atoms. The van der Waals surface area contributed by atoms with Crippen molar-refractivity contribution in [2.24, 2.45) is 5.92 Å². The molecule has 3 aliphatic heterocycles. The lowest BCUT2D eigenvalue weighted by Gasteiger charge is -2.39. The van der Waals surface area contributed by atoms with Crippen molar-refractivity contribution < 1.29 is 28.8 Å². The highest BCUT2D eigenvalue weighted by molar-refractivity contribution is 5.90. The number of amides is 5. The molecule has 1 aromatic carbocycles. The number of hydrogen-bond acceptors (Lipinski definition) is 6. The van der Waals surface area contributed by atoms with Crippen LogP contribution in [0.1, 0.15) is 45.6 Å². The maximum absolute atomic E-state index is 12.8. The molecule has 190 valence electrons. The number of hydrogen-bond donors (Lipinski definition) is 2. The van der Waals surface area contributed by atoms with Crippen molar-refractivity contribution in [3.05, 3.63) is 35.9 Å². The first-order chi connectivity index (χ1) is 16.6. The molecule has 3 fully saturated rings. The monoisotopic (exact) mass is 487 g/mol. The van der Waals surface area contributed by atoms with Crippen LogP contribution in [-0.2, 0) is 25.8 Å². The lowest BCUT2D eigenvalue weighted by atomic mass is 9.96. The number of nitrogens with zero attached hydrogens (tertiary/aromatic N) is 3. The zero-order valence-electron chi connectivity index (χ0n) is 20.4. The molecule has 0 unspecified atom stereocenters. The summed E-state index contributed by atoms with van der Waals surface area (Å²) in [5, 5.41) is 1.37. The van der Waals surface area contributed by atoms with Crippen molar-refractivity contribution in [2.75, 3.05) is 19.6 Å². The summed E-state index contributed by atoms with van der Waals surface area (Å²) in [6.07, 6.45) is 0.897. The molecule has 3 heterocycles. The van der Waals surface area contributed by atoms with E-state index in [4.69, 9.17) is 9.57 Å². The van der Waals surface area contributed by atoms with Gasteiger partial charge in [-0.3, -0.25) is 25.3 Å². The summed E-state index contributed by atoms with van der Waals surface area (Å²) in [7, 11) is 0. The minimum atomic E-state index is -0.671. The van der Waals surface area contributed by atoms with Gasteiger partial charge in [0, 0.05) is 32.0 Å². The van der Waals surface area contributed by atoms with Gasteiger partial charge < -0.3 is 14.5 Å². The number of rotatable bonds is 6. The number of fused-ring (bicyclic) bond motifs is 2. The molecule has 0 spiro atoms. The quantitative estimate of drug-likeness (QED) is 0.591. The first kappa shape index (κ1) is 24.8. The minimum Gasteiger partial charge on any atom is -0.444 e. The van der Waals surface area contributed by atoms with Gasteiger partial charge in [0.25, 0.3) is 5.91 Å². The standard InChI is InChI=1S/C24H33N5O6/c1-24(2,3)35-23(33)27-12-17(13-27)11-20(30)25-26-21(31)19-10-9-18-14-28(19)22(32)29(18)34-15-16-7-5-4-6-8-16/h4-8,17-19H,9-15H2,1-3H3,(H,25,30)(H,26,31)/t18-,19+/m1/s1. The lowest BCUT2D eigenvalue weighted by molar-refractivity contribution is -0.140. The number of nitrogens with one attached hydrogen (secondary N) is 2. The van der Waals surface area contributed by atoms with E-state index in [2.05, 4.69) is 10.9 Å². The van der Waals surface area contributed by atoms with E-state index >= 15 is 0 Å². The third-order valence-corrected chi connectivity index (χ3v) is 6.25. The van der Waals surface area contributed by atoms with Gasteiger partial charge in [-0.25, -0.2) is 9.59 Å². The number of likely N-dealkylation sites (tertiary alicyclic amines) is 1. The predicted octanol–water partition coefficient (Wildman–Crippen LogP) is 1.79. The van der Waals surface area contributed by atoms with E-state index < -0.39 is 23.6 Å². The number of hydroxylamine groups is 2. The van der Waals surface area contributed by atoms with Crippen molar-refractivity contribution in [3.8, 4) is 0 Å². The fourth-order valence-electron chi connectivity index (χ4n) is 4.49. The molecule has 0 aromatic heterocycles. The van der Waals surface area contributed by atoms with Crippen molar-refractivity contribution in [1.29, 1.82) is 0 Å². The van der Waals surface area contributed by atoms with Crippen LogP contribution in [0.4, 0.5) is 9.59 Å². The van der Waals surface area contributed by atoms with Gasteiger partial charge >= 0.3 is 12.1 Å². The number of urea groups is 1. The van der Waals surface area contributed by atoms with Crippen LogP contribution in [0.3, 0.4) is 0 Å². The van der Waals surface area contributed by atoms with Crippen LogP contribution in [-0.4, -0.2) is 76.1 Å². The average molecular weight is 488 g/mol. The molecule has 5 amide bonds. The van der Waals surface area contributed by atoms with Crippen LogP contribution in [0.2, 0.25) is 0 Å². The van der Waals surface area contributed by atoms with Gasteiger partial charge in [-0.15, -0.1) is 0 Å². The first-order valence-electron chi connectivity index (χ1n) is 11.9.